The zero-order valence-electron chi connectivity index (χ0n) is 18.8. The minimum absolute atomic E-state index is 0.284. The van der Waals surface area contributed by atoms with Gasteiger partial charge in [0.2, 0.25) is 5.85 Å². The second kappa shape index (κ2) is 7.93. The van der Waals surface area contributed by atoms with E-state index >= 15 is 4.39 Å². The smallest absolute Gasteiger partial charge is 0.216 e. The molecule has 9 heteroatoms. The van der Waals surface area contributed by atoms with Crippen LogP contribution >= 0.6 is 0 Å². The van der Waals surface area contributed by atoms with Gasteiger partial charge in [-0.1, -0.05) is 17.3 Å². The van der Waals surface area contributed by atoms with Gasteiger partial charge in [-0.05, 0) is 42.8 Å². The molecule has 1 N–H and O–H groups in total. The van der Waals surface area contributed by atoms with E-state index in [2.05, 4.69) is 25.6 Å². The maximum atomic E-state index is 15.1. The molecule has 0 bridgehead atoms. The molecule has 33 heavy (non-hydrogen) atoms. The maximum absolute atomic E-state index is 15.1. The molecule has 1 aliphatic rings. The van der Waals surface area contributed by atoms with E-state index in [1.165, 1.54) is 6.07 Å². The van der Waals surface area contributed by atoms with Gasteiger partial charge in [-0.15, -0.1) is 5.10 Å². The Morgan fingerprint density at radius 2 is 1.97 bits per heavy atom. The Hall–Kier alpha value is -3.85. The summed E-state index contributed by atoms with van der Waals surface area (Å²) in [5.74, 6) is -1.37. The molecular weight excluding hydrogens is 421 g/mol. The number of benzene rings is 1. The zero-order chi connectivity index (χ0) is 23.2. The zero-order valence-corrected chi connectivity index (χ0v) is 18.8. The average Bonchev–Trinajstić information content (AvgIpc) is 3.31. The van der Waals surface area contributed by atoms with Gasteiger partial charge in [-0.25, -0.2) is 9.07 Å². The van der Waals surface area contributed by atoms with Crippen LogP contribution in [0.2, 0.25) is 0 Å². The van der Waals surface area contributed by atoms with E-state index < -0.39 is 17.7 Å². The lowest BCUT2D eigenvalue weighted by Gasteiger charge is -2.41. The van der Waals surface area contributed by atoms with Crippen molar-refractivity contribution in [2.75, 3.05) is 17.3 Å². The molecule has 0 aliphatic carbocycles. The maximum Gasteiger partial charge on any atom is 0.216 e. The van der Waals surface area contributed by atoms with Crippen LogP contribution in [0.15, 0.2) is 61.1 Å². The fourth-order valence-electron chi connectivity index (χ4n) is 4.48. The van der Waals surface area contributed by atoms with Crippen LogP contribution in [0.25, 0.3) is 11.3 Å². The normalized spacial score (nSPS) is 18.2. The topological polar surface area (TPSA) is 81.0 Å². The van der Waals surface area contributed by atoms with Gasteiger partial charge < -0.3 is 15.0 Å². The lowest BCUT2D eigenvalue weighted by atomic mass is 10.00. The molecule has 0 spiro atoms. The summed E-state index contributed by atoms with van der Waals surface area (Å²) >= 11 is 0. The minimum Gasteiger partial charge on any atom is -0.342 e. The highest BCUT2D eigenvalue weighted by Gasteiger charge is 2.46. The third-order valence-corrected chi connectivity index (χ3v) is 6.05. The van der Waals surface area contributed by atoms with Gasteiger partial charge in [0.05, 0.1) is 22.8 Å². The predicted molar refractivity (Wildman–Crippen MR) is 123 cm³/mol. The minimum atomic E-state index is -0.967. The van der Waals surface area contributed by atoms with Crippen LogP contribution < -0.4 is 10.2 Å². The van der Waals surface area contributed by atoms with Gasteiger partial charge in [0, 0.05) is 45.2 Å². The first kappa shape index (κ1) is 21.0. The lowest BCUT2D eigenvalue weighted by molar-refractivity contribution is 0.0281. The standard InChI is InChI=1S/C24H24FN7O/c1-15-22(31(3)30-29-15)16-9-10-19-20(13-16)32(24(2,28-19)33-4)23(17-7-5-11-26-14-17)21-18(25)8-6-12-27-21/h5-14,23,28H,1-4H3. The van der Waals surface area contributed by atoms with Crippen molar-refractivity contribution in [3.05, 3.63) is 83.8 Å². The number of anilines is 2. The number of hydrogen-bond acceptors (Lipinski definition) is 7. The first-order valence-electron chi connectivity index (χ1n) is 10.6. The molecule has 4 heterocycles. The summed E-state index contributed by atoms with van der Waals surface area (Å²) in [6.07, 6.45) is 5.01. The van der Waals surface area contributed by atoms with Crippen molar-refractivity contribution < 1.29 is 9.13 Å². The molecule has 0 saturated carbocycles. The van der Waals surface area contributed by atoms with Crippen molar-refractivity contribution in [1.29, 1.82) is 0 Å². The van der Waals surface area contributed by atoms with Crippen LogP contribution in [0.5, 0.6) is 0 Å². The van der Waals surface area contributed by atoms with Gasteiger partial charge in [0.15, 0.2) is 0 Å². The number of rotatable bonds is 5. The number of pyridine rings is 2. The fraction of sp³-hybridized carbons (Fsp3) is 0.250. The SMILES string of the molecule is COC1(C)Nc2ccc(-c3c(C)nnn3C)cc2N1C(c1cccnc1)c1ncccc1F. The number of halogens is 1. The van der Waals surface area contributed by atoms with Crippen LogP contribution in [0.4, 0.5) is 15.8 Å². The monoisotopic (exact) mass is 445 g/mol. The van der Waals surface area contributed by atoms with E-state index in [1.807, 2.05) is 56.1 Å². The molecule has 3 aromatic heterocycles. The van der Waals surface area contributed by atoms with Gasteiger partial charge in [-0.3, -0.25) is 9.97 Å². The number of nitrogens with zero attached hydrogens (tertiary/aromatic N) is 6. The molecule has 2 atom stereocenters. The summed E-state index contributed by atoms with van der Waals surface area (Å²) in [6, 6.07) is 12.2. The van der Waals surface area contributed by atoms with Crippen LogP contribution in [-0.2, 0) is 11.8 Å². The Morgan fingerprint density at radius 3 is 2.64 bits per heavy atom. The molecule has 0 radical (unpaired) electrons. The first-order valence-corrected chi connectivity index (χ1v) is 10.6. The third kappa shape index (κ3) is 3.41. The number of hydrogen-bond donors (Lipinski definition) is 1. The molecule has 168 valence electrons. The van der Waals surface area contributed by atoms with Crippen LogP contribution in [0.1, 0.15) is 29.9 Å². The molecule has 1 aliphatic heterocycles. The van der Waals surface area contributed by atoms with E-state index in [-0.39, 0.29) is 5.69 Å². The lowest BCUT2D eigenvalue weighted by Crippen LogP contribution is -2.52. The Kier molecular flexibility index (Phi) is 5.05. The Labute approximate surface area is 191 Å². The molecule has 0 fully saturated rings. The molecular formula is C24H24FN7O. The molecule has 0 saturated heterocycles. The van der Waals surface area contributed by atoms with Crippen molar-refractivity contribution in [3.8, 4) is 11.3 Å². The van der Waals surface area contributed by atoms with Crippen molar-refractivity contribution in [1.82, 2.24) is 25.0 Å². The van der Waals surface area contributed by atoms with Crippen molar-refractivity contribution in [2.45, 2.75) is 25.7 Å². The summed E-state index contributed by atoms with van der Waals surface area (Å²) < 4.78 is 22.8. The Bertz CT molecular complexity index is 1290. The summed E-state index contributed by atoms with van der Waals surface area (Å²) in [5, 5.41) is 11.8. The van der Waals surface area contributed by atoms with E-state index in [0.29, 0.717) is 0 Å². The molecule has 2 unspecified atom stereocenters. The fourth-order valence-corrected chi connectivity index (χ4v) is 4.48. The molecule has 5 rings (SSSR count). The largest absolute Gasteiger partial charge is 0.342 e. The Balaban J connectivity index is 1.74. The molecule has 8 nitrogen and oxygen atoms in total. The van der Waals surface area contributed by atoms with E-state index in [4.69, 9.17) is 4.74 Å². The van der Waals surface area contributed by atoms with Gasteiger partial charge >= 0.3 is 0 Å². The highest BCUT2D eigenvalue weighted by molar-refractivity contribution is 5.83. The average molecular weight is 446 g/mol. The van der Waals surface area contributed by atoms with Gasteiger partial charge in [-0.2, -0.15) is 0 Å². The van der Waals surface area contributed by atoms with Crippen molar-refractivity contribution in [2.24, 2.45) is 7.05 Å². The van der Waals surface area contributed by atoms with Crippen molar-refractivity contribution >= 4 is 11.4 Å². The van der Waals surface area contributed by atoms with Crippen LogP contribution in [0, 0.1) is 12.7 Å². The second-order valence-corrected chi connectivity index (χ2v) is 8.12. The molecule has 1 aromatic carbocycles. The van der Waals surface area contributed by atoms with Crippen LogP contribution in [0.3, 0.4) is 0 Å². The third-order valence-electron chi connectivity index (χ3n) is 6.05. The molecule has 4 aromatic rings. The summed E-state index contributed by atoms with van der Waals surface area (Å²) in [6.45, 7) is 3.83. The second-order valence-electron chi connectivity index (χ2n) is 8.12. The summed E-state index contributed by atoms with van der Waals surface area (Å²) in [7, 11) is 3.48. The highest BCUT2D eigenvalue weighted by Crippen LogP contribution is 2.48. The van der Waals surface area contributed by atoms with E-state index in [1.54, 1.807) is 36.4 Å². The van der Waals surface area contributed by atoms with Gasteiger partial charge in [0.25, 0.3) is 0 Å². The predicted octanol–water partition coefficient (Wildman–Crippen LogP) is 4.06. The number of methoxy groups -OCH3 is 1. The Morgan fingerprint density at radius 1 is 1.15 bits per heavy atom. The van der Waals surface area contributed by atoms with E-state index in [9.17, 15) is 0 Å². The van der Waals surface area contributed by atoms with Gasteiger partial charge in [0.1, 0.15) is 17.6 Å². The summed E-state index contributed by atoms with van der Waals surface area (Å²) in [5.41, 5.74) is 5.45. The number of aryl methyl sites for hydroxylation is 2. The first-order chi connectivity index (χ1) is 15.9. The summed E-state index contributed by atoms with van der Waals surface area (Å²) in [4.78, 5) is 10.7. The number of aromatic nitrogens is 5. The number of nitrogens with one attached hydrogen (secondary N) is 1. The van der Waals surface area contributed by atoms with E-state index in [0.717, 1.165) is 33.9 Å². The number of ether oxygens (including phenoxy) is 1. The number of fused-ring (bicyclic) bond motifs is 1. The molecule has 0 amide bonds. The van der Waals surface area contributed by atoms with Crippen LogP contribution in [-0.4, -0.2) is 37.9 Å². The quantitative estimate of drug-likeness (QED) is 0.496. The highest BCUT2D eigenvalue weighted by atomic mass is 19.1. The van der Waals surface area contributed by atoms with Crippen molar-refractivity contribution in [3.63, 3.8) is 0 Å².